The van der Waals surface area contributed by atoms with Crippen LogP contribution in [0.2, 0.25) is 0 Å². The van der Waals surface area contributed by atoms with Gasteiger partial charge in [0.1, 0.15) is 12.4 Å². The van der Waals surface area contributed by atoms with Crippen molar-refractivity contribution in [3.05, 3.63) is 88.5 Å². The number of sulfonamides is 1. The summed E-state index contributed by atoms with van der Waals surface area (Å²) in [6, 6.07) is 17.6. The monoisotopic (exact) mass is 497 g/mol. The van der Waals surface area contributed by atoms with Gasteiger partial charge in [0.05, 0.1) is 15.9 Å². The minimum Gasteiger partial charge on any atom is -0.491 e. The number of non-ortho nitro benzene ring substituents is 1. The average molecular weight is 498 g/mol. The molecule has 3 aromatic carbocycles. The van der Waals surface area contributed by atoms with Gasteiger partial charge in [-0.25, -0.2) is 8.42 Å². The van der Waals surface area contributed by atoms with E-state index in [0.29, 0.717) is 23.6 Å². The molecule has 0 saturated carbocycles. The van der Waals surface area contributed by atoms with Crippen LogP contribution in [0.1, 0.15) is 23.2 Å². The molecule has 2 N–H and O–H groups in total. The van der Waals surface area contributed by atoms with Crippen molar-refractivity contribution in [2.24, 2.45) is 0 Å². The standard InChI is InChI=1S/C24H23N3O7S/c28-24(25-19-4-1-6-21(14-19)34-16-22-7-3-13-33-22)17-9-11-18(12-10-17)26-35(31,32)23-8-2-5-20(15-23)27(29)30/h1-2,4-6,8-12,14-15,22,26H,3,7,13,16H2,(H,25,28). The summed E-state index contributed by atoms with van der Waals surface area (Å²) in [7, 11) is -4.05. The Hall–Kier alpha value is -3.96. The van der Waals surface area contributed by atoms with E-state index in [4.69, 9.17) is 9.47 Å². The Morgan fingerprint density at radius 2 is 1.83 bits per heavy atom. The lowest BCUT2D eigenvalue weighted by atomic mass is 10.2. The van der Waals surface area contributed by atoms with Gasteiger partial charge in [0, 0.05) is 41.7 Å². The number of carbonyl (C=O) groups is 1. The molecule has 11 heteroatoms. The Labute approximate surface area is 202 Å². The van der Waals surface area contributed by atoms with E-state index < -0.39 is 14.9 Å². The molecule has 3 aromatic rings. The van der Waals surface area contributed by atoms with Crippen LogP contribution in [-0.4, -0.2) is 38.6 Å². The van der Waals surface area contributed by atoms with Crippen molar-refractivity contribution >= 4 is 33.0 Å². The molecule has 0 bridgehead atoms. The molecule has 0 spiro atoms. The van der Waals surface area contributed by atoms with Crippen molar-refractivity contribution in [3.63, 3.8) is 0 Å². The Bertz CT molecular complexity index is 1320. The molecule has 1 saturated heterocycles. The second kappa shape index (κ2) is 10.5. The molecule has 1 heterocycles. The van der Waals surface area contributed by atoms with Gasteiger partial charge in [-0.15, -0.1) is 0 Å². The van der Waals surface area contributed by atoms with Gasteiger partial charge < -0.3 is 14.8 Å². The fraction of sp³-hybridized carbons (Fsp3) is 0.208. The van der Waals surface area contributed by atoms with Crippen LogP contribution in [-0.2, 0) is 14.8 Å². The lowest BCUT2D eigenvalue weighted by Crippen LogP contribution is -2.16. The van der Waals surface area contributed by atoms with Crippen LogP contribution in [0.4, 0.5) is 17.1 Å². The largest absolute Gasteiger partial charge is 0.491 e. The molecular weight excluding hydrogens is 474 g/mol. The zero-order valence-corrected chi connectivity index (χ0v) is 19.4. The van der Waals surface area contributed by atoms with E-state index in [0.717, 1.165) is 25.5 Å². The Morgan fingerprint density at radius 3 is 2.54 bits per heavy atom. The summed E-state index contributed by atoms with van der Waals surface area (Å²) in [5.41, 5.74) is 0.739. The van der Waals surface area contributed by atoms with Gasteiger partial charge in [-0.2, -0.15) is 0 Å². The Balaban J connectivity index is 1.38. The average Bonchev–Trinajstić information content (AvgIpc) is 3.37. The van der Waals surface area contributed by atoms with E-state index >= 15 is 0 Å². The van der Waals surface area contributed by atoms with Gasteiger partial charge in [-0.05, 0) is 55.3 Å². The fourth-order valence-electron chi connectivity index (χ4n) is 3.50. The van der Waals surface area contributed by atoms with E-state index in [1.807, 2.05) is 0 Å². The number of anilines is 2. The molecule has 1 aliphatic heterocycles. The number of nitrogens with zero attached hydrogens (tertiary/aromatic N) is 1. The van der Waals surface area contributed by atoms with Crippen molar-refractivity contribution in [1.82, 2.24) is 0 Å². The molecule has 1 fully saturated rings. The number of ether oxygens (including phenoxy) is 2. The second-order valence-corrected chi connectivity index (χ2v) is 9.55. The topological polar surface area (TPSA) is 137 Å². The van der Waals surface area contributed by atoms with Crippen LogP contribution in [0.5, 0.6) is 5.75 Å². The Morgan fingerprint density at radius 1 is 1.06 bits per heavy atom. The summed E-state index contributed by atoms with van der Waals surface area (Å²) >= 11 is 0. The van der Waals surface area contributed by atoms with E-state index in [2.05, 4.69) is 10.0 Å². The zero-order valence-electron chi connectivity index (χ0n) is 18.5. The van der Waals surface area contributed by atoms with Crippen molar-refractivity contribution in [3.8, 4) is 5.75 Å². The van der Waals surface area contributed by atoms with Crippen LogP contribution in [0.3, 0.4) is 0 Å². The lowest BCUT2D eigenvalue weighted by Gasteiger charge is -2.13. The normalized spacial score (nSPS) is 15.4. The molecule has 1 atom stereocenters. The zero-order chi connectivity index (χ0) is 24.8. The minimum absolute atomic E-state index is 0.0844. The van der Waals surface area contributed by atoms with Crippen molar-refractivity contribution in [2.45, 2.75) is 23.8 Å². The number of hydrogen-bond donors (Lipinski definition) is 2. The molecule has 1 unspecified atom stereocenters. The maximum Gasteiger partial charge on any atom is 0.270 e. The van der Waals surface area contributed by atoms with Crippen molar-refractivity contribution < 1.29 is 27.6 Å². The maximum absolute atomic E-state index is 12.6. The smallest absolute Gasteiger partial charge is 0.270 e. The third kappa shape index (κ3) is 6.34. The Kier molecular flexibility index (Phi) is 7.28. The van der Waals surface area contributed by atoms with Gasteiger partial charge in [-0.1, -0.05) is 12.1 Å². The number of carbonyl (C=O) groups excluding carboxylic acids is 1. The predicted molar refractivity (Wildman–Crippen MR) is 129 cm³/mol. The third-order valence-electron chi connectivity index (χ3n) is 5.29. The van der Waals surface area contributed by atoms with Crippen LogP contribution < -0.4 is 14.8 Å². The minimum atomic E-state index is -4.05. The van der Waals surface area contributed by atoms with Crippen molar-refractivity contribution in [2.75, 3.05) is 23.3 Å². The lowest BCUT2D eigenvalue weighted by molar-refractivity contribution is -0.385. The van der Waals surface area contributed by atoms with E-state index in [1.54, 1.807) is 24.3 Å². The van der Waals surface area contributed by atoms with E-state index in [9.17, 15) is 23.3 Å². The first-order valence-electron chi connectivity index (χ1n) is 10.8. The molecule has 0 aromatic heterocycles. The van der Waals surface area contributed by atoms with E-state index in [-0.39, 0.29) is 28.3 Å². The first-order chi connectivity index (χ1) is 16.8. The third-order valence-corrected chi connectivity index (χ3v) is 6.67. The van der Waals surface area contributed by atoms with Crippen LogP contribution in [0.25, 0.3) is 0 Å². The molecule has 0 radical (unpaired) electrons. The molecular formula is C24H23N3O7S. The number of nitro groups is 1. The summed E-state index contributed by atoms with van der Waals surface area (Å²) in [4.78, 5) is 22.6. The van der Waals surface area contributed by atoms with Crippen LogP contribution in [0.15, 0.2) is 77.7 Å². The van der Waals surface area contributed by atoms with Gasteiger partial charge in [0.15, 0.2) is 0 Å². The van der Waals surface area contributed by atoms with Crippen molar-refractivity contribution in [1.29, 1.82) is 0 Å². The maximum atomic E-state index is 12.6. The van der Waals surface area contributed by atoms with Crippen LogP contribution >= 0.6 is 0 Å². The first-order valence-corrected chi connectivity index (χ1v) is 12.3. The van der Waals surface area contributed by atoms with Gasteiger partial charge >= 0.3 is 0 Å². The quantitative estimate of drug-likeness (QED) is 0.334. The summed E-state index contributed by atoms with van der Waals surface area (Å²) in [5.74, 6) is 0.235. The molecule has 1 amide bonds. The highest BCUT2D eigenvalue weighted by molar-refractivity contribution is 7.92. The number of rotatable bonds is 9. The fourth-order valence-corrected chi connectivity index (χ4v) is 4.60. The highest BCUT2D eigenvalue weighted by atomic mass is 32.2. The number of hydrogen-bond acceptors (Lipinski definition) is 7. The first kappa shape index (κ1) is 24.2. The highest BCUT2D eigenvalue weighted by Crippen LogP contribution is 2.22. The van der Waals surface area contributed by atoms with E-state index in [1.165, 1.54) is 42.5 Å². The number of amides is 1. The summed E-state index contributed by atoms with van der Waals surface area (Å²) in [5, 5.41) is 13.7. The second-order valence-electron chi connectivity index (χ2n) is 7.87. The number of nitro benzene ring substituents is 1. The van der Waals surface area contributed by atoms with Gasteiger partial charge in [-0.3, -0.25) is 19.6 Å². The number of nitrogens with one attached hydrogen (secondary N) is 2. The highest BCUT2D eigenvalue weighted by Gasteiger charge is 2.18. The van der Waals surface area contributed by atoms with Gasteiger partial charge in [0.2, 0.25) is 0 Å². The molecule has 182 valence electrons. The SMILES string of the molecule is O=C(Nc1cccc(OCC2CCCO2)c1)c1ccc(NS(=O)(=O)c2cccc([N+](=O)[O-])c2)cc1. The summed E-state index contributed by atoms with van der Waals surface area (Å²) in [6.07, 6.45) is 2.08. The molecule has 0 aliphatic carbocycles. The summed E-state index contributed by atoms with van der Waals surface area (Å²) < 4.78 is 38.8. The molecule has 10 nitrogen and oxygen atoms in total. The number of benzene rings is 3. The molecule has 4 rings (SSSR count). The van der Waals surface area contributed by atoms with Crippen LogP contribution in [0, 0.1) is 10.1 Å². The summed E-state index contributed by atoms with van der Waals surface area (Å²) in [6.45, 7) is 1.20. The molecule has 1 aliphatic rings. The predicted octanol–water partition coefficient (Wildman–Crippen LogP) is 4.21. The molecule has 35 heavy (non-hydrogen) atoms. The van der Waals surface area contributed by atoms with Gasteiger partial charge in [0.25, 0.3) is 21.6 Å².